The zero-order valence-corrected chi connectivity index (χ0v) is 10.5. The molecule has 18 heavy (non-hydrogen) atoms. The number of hydrogen-bond acceptors (Lipinski definition) is 4. The van der Waals surface area contributed by atoms with Crippen molar-refractivity contribution in [3.8, 4) is 11.4 Å². The highest BCUT2D eigenvalue weighted by atomic mass is 16.5. The monoisotopic (exact) mass is 245 g/mol. The van der Waals surface area contributed by atoms with Gasteiger partial charge in [0.05, 0.1) is 18.5 Å². The number of aldehydes is 1. The maximum atomic E-state index is 10.9. The molecule has 0 unspecified atom stereocenters. The Morgan fingerprint density at radius 2 is 2.06 bits per heavy atom. The van der Waals surface area contributed by atoms with Crippen LogP contribution < -0.4 is 4.74 Å². The molecule has 1 aromatic carbocycles. The average Bonchev–Trinajstić information content (AvgIpc) is 2.82. The van der Waals surface area contributed by atoms with Gasteiger partial charge in [-0.05, 0) is 30.7 Å². The van der Waals surface area contributed by atoms with Crippen LogP contribution in [0.5, 0.6) is 5.75 Å². The van der Waals surface area contributed by atoms with E-state index < -0.39 is 0 Å². The molecule has 0 aliphatic rings. The van der Waals surface area contributed by atoms with Gasteiger partial charge in [-0.3, -0.25) is 4.79 Å². The van der Waals surface area contributed by atoms with Gasteiger partial charge in [0.2, 0.25) is 0 Å². The molecular formula is C13H15N3O2. The largest absolute Gasteiger partial charge is 0.497 e. The predicted molar refractivity (Wildman–Crippen MR) is 67.3 cm³/mol. The van der Waals surface area contributed by atoms with Gasteiger partial charge in [-0.15, -0.1) is 5.10 Å². The second-order valence-electron chi connectivity index (χ2n) is 3.90. The molecule has 5 nitrogen and oxygen atoms in total. The summed E-state index contributed by atoms with van der Waals surface area (Å²) >= 11 is 0. The number of hydrogen-bond donors (Lipinski definition) is 0. The number of ether oxygens (including phenoxy) is 1. The molecular weight excluding hydrogens is 230 g/mol. The highest BCUT2D eigenvalue weighted by Gasteiger charge is 2.12. The predicted octanol–water partition coefficient (Wildman–Crippen LogP) is 2.04. The minimum absolute atomic E-state index is 0.410. The molecule has 0 N–H and O–H groups in total. The van der Waals surface area contributed by atoms with Crippen molar-refractivity contribution in [1.82, 2.24) is 15.0 Å². The zero-order valence-electron chi connectivity index (χ0n) is 10.5. The zero-order chi connectivity index (χ0) is 13.0. The lowest BCUT2D eigenvalue weighted by Gasteiger charge is -2.06. The van der Waals surface area contributed by atoms with Crippen LogP contribution >= 0.6 is 0 Å². The maximum Gasteiger partial charge on any atom is 0.172 e. The van der Waals surface area contributed by atoms with Crippen LogP contribution in [0.25, 0.3) is 5.69 Å². The van der Waals surface area contributed by atoms with Crippen molar-refractivity contribution in [2.24, 2.45) is 0 Å². The molecule has 0 spiro atoms. The molecule has 2 rings (SSSR count). The normalized spacial score (nSPS) is 10.3. The second-order valence-corrected chi connectivity index (χ2v) is 3.90. The van der Waals surface area contributed by atoms with E-state index >= 15 is 0 Å². The highest BCUT2D eigenvalue weighted by Crippen LogP contribution is 2.17. The summed E-state index contributed by atoms with van der Waals surface area (Å²) in [6.07, 6.45) is 2.45. The molecule has 0 aliphatic carbocycles. The Morgan fingerprint density at radius 3 is 2.61 bits per heavy atom. The fourth-order valence-electron chi connectivity index (χ4n) is 1.81. The minimum atomic E-state index is 0.410. The fourth-order valence-corrected chi connectivity index (χ4v) is 1.81. The molecule has 0 saturated heterocycles. The third kappa shape index (κ3) is 2.25. The molecule has 0 radical (unpaired) electrons. The highest BCUT2D eigenvalue weighted by molar-refractivity contribution is 5.73. The Hall–Kier alpha value is -2.17. The van der Waals surface area contributed by atoms with Gasteiger partial charge in [0.25, 0.3) is 0 Å². The van der Waals surface area contributed by atoms with Crippen molar-refractivity contribution < 1.29 is 9.53 Å². The van der Waals surface area contributed by atoms with E-state index in [0.29, 0.717) is 5.69 Å². The van der Waals surface area contributed by atoms with Gasteiger partial charge in [0.1, 0.15) is 11.4 Å². The number of rotatable bonds is 5. The molecule has 0 bridgehead atoms. The first-order valence-corrected chi connectivity index (χ1v) is 5.84. The SMILES string of the molecule is CCCc1c(C=O)nnn1-c1ccc(OC)cc1. The van der Waals surface area contributed by atoms with E-state index in [9.17, 15) is 4.79 Å². The summed E-state index contributed by atoms with van der Waals surface area (Å²) in [6.45, 7) is 2.06. The van der Waals surface area contributed by atoms with Crippen LogP contribution in [0.4, 0.5) is 0 Å². The summed E-state index contributed by atoms with van der Waals surface area (Å²) in [5.74, 6) is 0.784. The van der Waals surface area contributed by atoms with Gasteiger partial charge in [-0.2, -0.15) is 0 Å². The van der Waals surface area contributed by atoms with E-state index in [1.54, 1.807) is 11.8 Å². The van der Waals surface area contributed by atoms with Crippen molar-refractivity contribution in [3.63, 3.8) is 0 Å². The number of carbonyl (C=O) groups is 1. The fraction of sp³-hybridized carbons (Fsp3) is 0.308. The first-order valence-electron chi connectivity index (χ1n) is 5.84. The lowest BCUT2D eigenvalue weighted by molar-refractivity contribution is 0.111. The van der Waals surface area contributed by atoms with Crippen LogP contribution in [0.3, 0.4) is 0 Å². The van der Waals surface area contributed by atoms with Gasteiger partial charge in [-0.1, -0.05) is 18.6 Å². The van der Waals surface area contributed by atoms with E-state index in [-0.39, 0.29) is 0 Å². The van der Waals surface area contributed by atoms with Crippen LogP contribution in [-0.4, -0.2) is 28.4 Å². The number of benzene rings is 1. The van der Waals surface area contributed by atoms with Crippen molar-refractivity contribution in [1.29, 1.82) is 0 Å². The number of carbonyl (C=O) groups excluding carboxylic acids is 1. The molecule has 0 amide bonds. The number of aromatic nitrogens is 3. The molecule has 5 heteroatoms. The Balaban J connectivity index is 2.42. The summed E-state index contributed by atoms with van der Waals surface area (Å²) in [4.78, 5) is 10.9. The first kappa shape index (κ1) is 12.3. The average molecular weight is 245 g/mol. The van der Waals surface area contributed by atoms with E-state index in [1.807, 2.05) is 24.3 Å². The Labute approximate surface area is 105 Å². The third-order valence-electron chi connectivity index (χ3n) is 2.71. The summed E-state index contributed by atoms with van der Waals surface area (Å²) in [6, 6.07) is 7.49. The smallest absolute Gasteiger partial charge is 0.172 e. The molecule has 2 aromatic rings. The van der Waals surface area contributed by atoms with Gasteiger partial charge < -0.3 is 4.74 Å². The van der Waals surface area contributed by atoms with E-state index in [2.05, 4.69) is 17.2 Å². The minimum Gasteiger partial charge on any atom is -0.497 e. The topological polar surface area (TPSA) is 57.0 Å². The van der Waals surface area contributed by atoms with E-state index in [4.69, 9.17) is 4.74 Å². The van der Waals surface area contributed by atoms with E-state index in [1.165, 1.54) is 0 Å². The quantitative estimate of drug-likeness (QED) is 0.756. The molecule has 0 fully saturated rings. The summed E-state index contributed by atoms with van der Waals surface area (Å²) in [5.41, 5.74) is 2.13. The Kier molecular flexibility index (Phi) is 3.72. The van der Waals surface area contributed by atoms with Crippen LogP contribution in [0.2, 0.25) is 0 Å². The van der Waals surface area contributed by atoms with Crippen LogP contribution in [0, 0.1) is 0 Å². The van der Waals surface area contributed by atoms with Gasteiger partial charge >= 0.3 is 0 Å². The number of methoxy groups -OCH3 is 1. The Bertz CT molecular complexity index is 532. The second kappa shape index (κ2) is 5.44. The summed E-state index contributed by atoms with van der Waals surface area (Å²) < 4.78 is 6.81. The molecule has 1 heterocycles. The van der Waals surface area contributed by atoms with Crippen LogP contribution in [-0.2, 0) is 6.42 Å². The lowest BCUT2D eigenvalue weighted by atomic mass is 10.2. The van der Waals surface area contributed by atoms with Gasteiger partial charge in [-0.25, -0.2) is 4.68 Å². The molecule has 0 atom stereocenters. The third-order valence-corrected chi connectivity index (χ3v) is 2.71. The number of nitrogens with zero attached hydrogens (tertiary/aromatic N) is 3. The molecule has 94 valence electrons. The molecule has 1 aromatic heterocycles. The van der Waals surface area contributed by atoms with Crippen molar-refractivity contribution >= 4 is 6.29 Å². The van der Waals surface area contributed by atoms with Gasteiger partial charge in [0, 0.05) is 0 Å². The van der Waals surface area contributed by atoms with Crippen molar-refractivity contribution in [2.45, 2.75) is 19.8 Å². The lowest BCUT2D eigenvalue weighted by Crippen LogP contribution is -2.03. The maximum absolute atomic E-state index is 10.9. The summed E-state index contributed by atoms with van der Waals surface area (Å²) in [7, 11) is 1.62. The molecule has 0 saturated carbocycles. The van der Waals surface area contributed by atoms with Crippen molar-refractivity contribution in [3.05, 3.63) is 35.7 Å². The van der Waals surface area contributed by atoms with Crippen molar-refractivity contribution in [2.75, 3.05) is 7.11 Å². The van der Waals surface area contributed by atoms with Crippen LogP contribution in [0.15, 0.2) is 24.3 Å². The van der Waals surface area contributed by atoms with Gasteiger partial charge in [0.15, 0.2) is 6.29 Å². The summed E-state index contributed by atoms with van der Waals surface area (Å²) in [5, 5.41) is 7.91. The van der Waals surface area contributed by atoms with E-state index in [0.717, 1.165) is 36.3 Å². The Morgan fingerprint density at radius 1 is 1.33 bits per heavy atom. The first-order chi connectivity index (χ1) is 8.80. The standard InChI is InChI=1S/C13H15N3O2/c1-3-4-13-12(9-17)14-15-16(13)10-5-7-11(18-2)8-6-10/h5-9H,3-4H2,1-2H3. The van der Waals surface area contributed by atoms with Crippen LogP contribution in [0.1, 0.15) is 29.5 Å². The molecule has 0 aliphatic heterocycles.